The van der Waals surface area contributed by atoms with Gasteiger partial charge in [-0.15, -0.1) is 0 Å². The molecule has 19 heavy (non-hydrogen) atoms. The van der Waals surface area contributed by atoms with Crippen molar-refractivity contribution >= 4 is 0 Å². The first kappa shape index (κ1) is 13.7. The lowest BCUT2D eigenvalue weighted by Gasteiger charge is -2.39. The van der Waals surface area contributed by atoms with Crippen molar-refractivity contribution in [3.8, 4) is 0 Å². The first-order chi connectivity index (χ1) is 9.02. The molecule has 4 N–H and O–H groups in total. The Balaban J connectivity index is 2.65. The first-order valence-corrected chi connectivity index (χ1v) is 5.91. The molecule has 0 atom stereocenters. The van der Waals surface area contributed by atoms with E-state index in [1.54, 1.807) is 60.7 Å². The number of benzene rings is 2. The Hall–Kier alpha value is -1.72. The van der Waals surface area contributed by atoms with Gasteiger partial charge in [-0.2, -0.15) is 0 Å². The van der Waals surface area contributed by atoms with E-state index in [1.165, 1.54) is 0 Å². The third kappa shape index (κ3) is 2.27. The highest BCUT2D eigenvalue weighted by atomic mass is 16.5. The number of hydrogen-bond donors (Lipinski definition) is 4. The van der Waals surface area contributed by atoms with Gasteiger partial charge in [0.05, 0.1) is 0 Å². The summed E-state index contributed by atoms with van der Waals surface area (Å²) < 4.78 is 0. The quantitative estimate of drug-likeness (QED) is 0.607. The Morgan fingerprint density at radius 2 is 1.05 bits per heavy atom. The van der Waals surface area contributed by atoms with Gasteiger partial charge in [0.15, 0.2) is 5.60 Å². The lowest BCUT2D eigenvalue weighted by atomic mass is 9.79. The maximum absolute atomic E-state index is 10.8. The van der Waals surface area contributed by atoms with Crippen molar-refractivity contribution in [3.05, 3.63) is 71.8 Å². The fraction of sp³-hybridized carbons (Fsp3) is 0.200. The molecule has 0 amide bonds. The maximum Gasteiger partial charge on any atom is 0.225 e. The number of rotatable bonds is 4. The van der Waals surface area contributed by atoms with E-state index in [2.05, 4.69) is 0 Å². The number of hydrogen-bond acceptors (Lipinski definition) is 4. The second-order valence-electron chi connectivity index (χ2n) is 4.42. The van der Waals surface area contributed by atoms with Crippen LogP contribution < -0.4 is 0 Å². The smallest absolute Gasteiger partial charge is 0.225 e. The molecule has 2 aromatic carbocycles. The SMILES string of the molecule is OCC(O)(O)C(O)(c1ccccc1)c1ccccc1. The Morgan fingerprint density at radius 3 is 1.37 bits per heavy atom. The molecule has 0 unspecified atom stereocenters. The van der Waals surface area contributed by atoms with Gasteiger partial charge in [-0.1, -0.05) is 60.7 Å². The standard InChI is InChI=1S/C15H16O4/c16-11-14(17,18)15(19,12-7-3-1-4-8-12)13-9-5-2-6-10-13/h1-10,16-19H,11H2. The molecule has 2 aromatic rings. The molecule has 0 fully saturated rings. The zero-order chi connectivity index (χ0) is 13.9. The molecule has 2 rings (SSSR count). The van der Waals surface area contributed by atoms with Gasteiger partial charge in [0.25, 0.3) is 0 Å². The van der Waals surface area contributed by atoms with Gasteiger partial charge in [0.2, 0.25) is 5.79 Å². The molecule has 0 aliphatic heterocycles. The average Bonchev–Trinajstić information content (AvgIpc) is 2.48. The fourth-order valence-electron chi connectivity index (χ4n) is 2.10. The Morgan fingerprint density at radius 1 is 0.684 bits per heavy atom. The van der Waals surface area contributed by atoms with Gasteiger partial charge in [-0.05, 0) is 11.1 Å². The molecular formula is C15H16O4. The molecule has 0 saturated heterocycles. The molecule has 0 aliphatic carbocycles. The van der Waals surface area contributed by atoms with Crippen LogP contribution in [0.4, 0.5) is 0 Å². The van der Waals surface area contributed by atoms with Crippen LogP contribution >= 0.6 is 0 Å². The van der Waals surface area contributed by atoms with Crippen molar-refractivity contribution in [2.45, 2.75) is 11.4 Å². The summed E-state index contributed by atoms with van der Waals surface area (Å²) in [6.45, 7) is -0.993. The predicted octanol–water partition coefficient (Wildman–Crippen LogP) is 0.596. The van der Waals surface area contributed by atoms with E-state index < -0.39 is 18.0 Å². The fourth-order valence-corrected chi connectivity index (χ4v) is 2.10. The largest absolute Gasteiger partial charge is 0.391 e. The third-order valence-corrected chi connectivity index (χ3v) is 3.18. The molecule has 100 valence electrons. The summed E-state index contributed by atoms with van der Waals surface area (Å²) in [4.78, 5) is 0. The van der Waals surface area contributed by atoms with Crippen LogP contribution in [0, 0.1) is 0 Å². The summed E-state index contributed by atoms with van der Waals surface area (Å²) in [6.07, 6.45) is 0. The van der Waals surface area contributed by atoms with E-state index in [0.717, 1.165) is 0 Å². The summed E-state index contributed by atoms with van der Waals surface area (Å²) in [6, 6.07) is 16.5. The van der Waals surface area contributed by atoms with Crippen molar-refractivity contribution in [2.24, 2.45) is 0 Å². The second kappa shape index (κ2) is 5.11. The highest BCUT2D eigenvalue weighted by Crippen LogP contribution is 2.37. The van der Waals surface area contributed by atoms with Crippen LogP contribution in [0.3, 0.4) is 0 Å². The zero-order valence-corrected chi connectivity index (χ0v) is 10.3. The van der Waals surface area contributed by atoms with Crippen LogP contribution in [0.1, 0.15) is 11.1 Å². The van der Waals surface area contributed by atoms with E-state index in [4.69, 9.17) is 0 Å². The van der Waals surface area contributed by atoms with Crippen molar-refractivity contribution in [1.29, 1.82) is 0 Å². The summed E-state index contributed by atoms with van der Waals surface area (Å²) in [5.41, 5.74) is -1.52. The minimum absolute atomic E-state index is 0.292. The van der Waals surface area contributed by atoms with Gasteiger partial charge in [-0.25, -0.2) is 0 Å². The van der Waals surface area contributed by atoms with Gasteiger partial charge in [-0.3, -0.25) is 0 Å². The van der Waals surface area contributed by atoms with Crippen LogP contribution in [0.5, 0.6) is 0 Å². The normalized spacial score (nSPS) is 12.4. The first-order valence-electron chi connectivity index (χ1n) is 5.91. The minimum atomic E-state index is -2.68. The van der Waals surface area contributed by atoms with Crippen molar-refractivity contribution in [3.63, 3.8) is 0 Å². The third-order valence-electron chi connectivity index (χ3n) is 3.18. The molecule has 0 aromatic heterocycles. The van der Waals surface area contributed by atoms with Crippen LogP contribution in [0.15, 0.2) is 60.7 Å². The molecule has 4 heteroatoms. The molecule has 0 bridgehead atoms. The lowest BCUT2D eigenvalue weighted by molar-refractivity contribution is -0.280. The van der Waals surface area contributed by atoms with Crippen LogP contribution in [-0.4, -0.2) is 32.8 Å². The topological polar surface area (TPSA) is 80.9 Å². The molecular weight excluding hydrogens is 244 g/mol. The van der Waals surface area contributed by atoms with Crippen molar-refractivity contribution < 1.29 is 20.4 Å². The minimum Gasteiger partial charge on any atom is -0.391 e. The summed E-state index contributed by atoms with van der Waals surface area (Å²) in [7, 11) is 0. The van der Waals surface area contributed by atoms with E-state index in [-0.39, 0.29) is 0 Å². The predicted molar refractivity (Wildman–Crippen MR) is 70.1 cm³/mol. The van der Waals surface area contributed by atoms with Gasteiger partial charge in [0, 0.05) is 0 Å². The van der Waals surface area contributed by atoms with Crippen molar-refractivity contribution in [1.82, 2.24) is 0 Å². The van der Waals surface area contributed by atoms with Crippen LogP contribution in [0.2, 0.25) is 0 Å². The summed E-state index contributed by atoms with van der Waals surface area (Å²) in [5, 5.41) is 40.0. The van der Waals surface area contributed by atoms with Crippen molar-refractivity contribution in [2.75, 3.05) is 6.61 Å². The van der Waals surface area contributed by atoms with Crippen LogP contribution in [-0.2, 0) is 5.60 Å². The lowest BCUT2D eigenvalue weighted by Crippen LogP contribution is -2.55. The monoisotopic (exact) mass is 260 g/mol. The highest BCUT2D eigenvalue weighted by Gasteiger charge is 2.50. The van der Waals surface area contributed by atoms with E-state index >= 15 is 0 Å². The molecule has 0 spiro atoms. The molecule has 4 nitrogen and oxygen atoms in total. The Bertz CT molecular complexity index is 483. The molecule has 0 saturated carbocycles. The Kier molecular flexibility index (Phi) is 3.68. The Labute approximate surface area is 111 Å². The second-order valence-corrected chi connectivity index (χ2v) is 4.42. The average molecular weight is 260 g/mol. The molecule has 0 radical (unpaired) electrons. The van der Waals surface area contributed by atoms with Crippen LogP contribution in [0.25, 0.3) is 0 Å². The summed E-state index contributed by atoms with van der Waals surface area (Å²) in [5.74, 6) is -2.68. The number of aliphatic hydroxyl groups excluding tert-OH is 1. The van der Waals surface area contributed by atoms with Gasteiger partial charge >= 0.3 is 0 Å². The molecule has 0 aliphatic rings. The highest BCUT2D eigenvalue weighted by molar-refractivity contribution is 5.38. The zero-order valence-electron chi connectivity index (χ0n) is 10.3. The van der Waals surface area contributed by atoms with E-state index in [1.807, 2.05) is 0 Å². The number of aliphatic hydroxyl groups is 4. The van der Waals surface area contributed by atoms with Gasteiger partial charge in [0.1, 0.15) is 6.61 Å². The maximum atomic E-state index is 10.8. The van der Waals surface area contributed by atoms with E-state index in [0.29, 0.717) is 11.1 Å². The molecule has 0 heterocycles. The van der Waals surface area contributed by atoms with E-state index in [9.17, 15) is 20.4 Å². The summed E-state index contributed by atoms with van der Waals surface area (Å²) >= 11 is 0. The van der Waals surface area contributed by atoms with Gasteiger partial charge < -0.3 is 20.4 Å².